The molecule has 1 aromatic carbocycles. The van der Waals surface area contributed by atoms with E-state index in [2.05, 4.69) is 0 Å². The number of hydrogen-bond donors (Lipinski definition) is 1. The summed E-state index contributed by atoms with van der Waals surface area (Å²) in [5.74, 6) is 0.297. The minimum atomic E-state index is -0.102. The maximum atomic E-state index is 10.2. The van der Waals surface area contributed by atoms with Crippen LogP contribution in [0.3, 0.4) is 0 Å². The van der Waals surface area contributed by atoms with E-state index < -0.39 is 0 Å². The fourth-order valence-corrected chi connectivity index (χ4v) is 1.41. The molecule has 15 heavy (non-hydrogen) atoms. The van der Waals surface area contributed by atoms with Crippen LogP contribution in [0.15, 0.2) is 24.3 Å². The molecular weight excluding hydrogens is 188 g/mol. The summed E-state index contributed by atoms with van der Waals surface area (Å²) in [5, 5.41) is 9.70. The van der Waals surface area contributed by atoms with Crippen LogP contribution in [0.5, 0.6) is 5.75 Å². The van der Waals surface area contributed by atoms with E-state index >= 15 is 0 Å². The third kappa shape index (κ3) is 2.94. The fraction of sp³-hybridized carbons (Fsp3) is 0.308. The molecule has 0 aliphatic carbocycles. The predicted molar refractivity (Wildman–Crippen MR) is 61.9 cm³/mol. The summed E-state index contributed by atoms with van der Waals surface area (Å²) in [6.45, 7) is 6.11. The Bertz CT molecular complexity index is 384. The third-order valence-corrected chi connectivity index (χ3v) is 2.20. The molecule has 0 bridgehead atoms. The first kappa shape index (κ1) is 11.5. The maximum absolute atomic E-state index is 10.2. The molecule has 0 aliphatic rings. The first-order valence-electron chi connectivity index (χ1n) is 4.90. The lowest BCUT2D eigenvalue weighted by Gasteiger charge is -2.20. The number of carbonyl (C=O) groups is 1. The molecule has 0 aromatic heterocycles. The number of phenolic OH excluding ortho intramolecular Hbond substituents is 1. The van der Waals surface area contributed by atoms with Crippen LogP contribution in [-0.4, -0.2) is 11.4 Å². The zero-order chi connectivity index (χ0) is 11.5. The Balaban J connectivity index is 3.17. The lowest BCUT2D eigenvalue weighted by molar-refractivity contribution is -0.104. The average Bonchev–Trinajstić information content (AvgIpc) is 2.15. The number of hydrogen-bond acceptors (Lipinski definition) is 2. The van der Waals surface area contributed by atoms with Crippen molar-refractivity contribution in [3.05, 3.63) is 35.4 Å². The standard InChI is InChI=1S/C13H16O2/c1-13(2,3)11-9-10(5-4-8-14)6-7-12(11)15/h4-9,15H,1-3H3. The summed E-state index contributed by atoms with van der Waals surface area (Å²) in [6.07, 6.45) is 3.91. The van der Waals surface area contributed by atoms with Gasteiger partial charge in [-0.3, -0.25) is 4.79 Å². The van der Waals surface area contributed by atoms with Crippen molar-refractivity contribution in [1.82, 2.24) is 0 Å². The van der Waals surface area contributed by atoms with Gasteiger partial charge >= 0.3 is 0 Å². The van der Waals surface area contributed by atoms with Crippen molar-refractivity contribution >= 4 is 12.4 Å². The molecule has 0 fully saturated rings. The summed E-state index contributed by atoms with van der Waals surface area (Å²) in [4.78, 5) is 10.2. The molecule has 0 atom stereocenters. The molecule has 0 heterocycles. The highest BCUT2D eigenvalue weighted by Gasteiger charge is 2.17. The Labute approximate surface area is 90.3 Å². The van der Waals surface area contributed by atoms with E-state index in [9.17, 15) is 9.90 Å². The molecule has 0 unspecified atom stereocenters. The zero-order valence-electron chi connectivity index (χ0n) is 9.32. The SMILES string of the molecule is CC(C)(C)c1cc(C=CC=O)ccc1O. The van der Waals surface area contributed by atoms with E-state index in [1.54, 1.807) is 18.2 Å². The van der Waals surface area contributed by atoms with Gasteiger partial charge in [0.25, 0.3) is 0 Å². The summed E-state index contributed by atoms with van der Waals surface area (Å²) >= 11 is 0. The Morgan fingerprint density at radius 1 is 1.27 bits per heavy atom. The van der Waals surface area contributed by atoms with E-state index in [0.29, 0.717) is 5.75 Å². The van der Waals surface area contributed by atoms with Gasteiger partial charge < -0.3 is 5.11 Å². The lowest BCUT2D eigenvalue weighted by Crippen LogP contribution is -2.11. The van der Waals surface area contributed by atoms with Gasteiger partial charge in [-0.15, -0.1) is 0 Å². The second kappa shape index (κ2) is 4.30. The summed E-state index contributed by atoms with van der Waals surface area (Å²) in [5.41, 5.74) is 1.70. The Morgan fingerprint density at radius 3 is 2.47 bits per heavy atom. The molecule has 1 N–H and O–H groups in total. The first-order chi connectivity index (χ1) is 6.95. The van der Waals surface area contributed by atoms with Gasteiger partial charge in [-0.1, -0.05) is 32.9 Å². The second-order valence-electron chi connectivity index (χ2n) is 4.52. The van der Waals surface area contributed by atoms with Gasteiger partial charge in [0.15, 0.2) is 0 Å². The molecule has 0 saturated heterocycles. The van der Waals surface area contributed by atoms with Gasteiger partial charge in [-0.05, 0) is 34.8 Å². The topological polar surface area (TPSA) is 37.3 Å². The Hall–Kier alpha value is -1.57. The molecule has 80 valence electrons. The van der Waals surface area contributed by atoms with E-state index in [0.717, 1.165) is 17.4 Å². The predicted octanol–water partition coefficient (Wildman–Crippen LogP) is 2.90. The molecule has 0 spiro atoms. The van der Waals surface area contributed by atoms with E-state index in [-0.39, 0.29) is 5.41 Å². The van der Waals surface area contributed by atoms with Crippen molar-refractivity contribution in [2.45, 2.75) is 26.2 Å². The van der Waals surface area contributed by atoms with Crippen molar-refractivity contribution in [2.75, 3.05) is 0 Å². The van der Waals surface area contributed by atoms with Crippen LogP contribution in [0.2, 0.25) is 0 Å². The van der Waals surface area contributed by atoms with Crippen molar-refractivity contribution in [1.29, 1.82) is 0 Å². The van der Waals surface area contributed by atoms with Gasteiger partial charge in [0, 0.05) is 0 Å². The molecule has 0 aliphatic heterocycles. The monoisotopic (exact) mass is 204 g/mol. The molecule has 0 saturated carbocycles. The van der Waals surface area contributed by atoms with Gasteiger partial charge in [-0.25, -0.2) is 0 Å². The molecule has 2 nitrogen and oxygen atoms in total. The smallest absolute Gasteiger partial charge is 0.142 e. The number of carbonyl (C=O) groups excluding carboxylic acids is 1. The summed E-state index contributed by atoms with van der Waals surface area (Å²) < 4.78 is 0. The van der Waals surface area contributed by atoms with Crippen LogP contribution < -0.4 is 0 Å². The van der Waals surface area contributed by atoms with Crippen molar-refractivity contribution in [3.63, 3.8) is 0 Å². The van der Waals surface area contributed by atoms with E-state index in [1.807, 2.05) is 26.8 Å². The van der Waals surface area contributed by atoms with E-state index in [4.69, 9.17) is 0 Å². The third-order valence-electron chi connectivity index (χ3n) is 2.20. The molecule has 2 heteroatoms. The molecular formula is C13H16O2. The minimum absolute atomic E-state index is 0.102. The van der Waals surface area contributed by atoms with Gasteiger partial charge in [0.05, 0.1) is 0 Å². The van der Waals surface area contributed by atoms with Crippen LogP contribution in [0, 0.1) is 0 Å². The molecule has 1 aromatic rings. The van der Waals surface area contributed by atoms with Crippen molar-refractivity contribution in [2.24, 2.45) is 0 Å². The van der Waals surface area contributed by atoms with Crippen molar-refractivity contribution in [3.8, 4) is 5.75 Å². The molecule has 1 rings (SSSR count). The van der Waals surface area contributed by atoms with Crippen molar-refractivity contribution < 1.29 is 9.90 Å². The lowest BCUT2D eigenvalue weighted by atomic mass is 9.85. The highest BCUT2D eigenvalue weighted by Crippen LogP contribution is 2.31. The largest absolute Gasteiger partial charge is 0.508 e. The van der Waals surface area contributed by atoms with Gasteiger partial charge in [0.1, 0.15) is 12.0 Å². The van der Waals surface area contributed by atoms with Gasteiger partial charge in [-0.2, -0.15) is 0 Å². The van der Waals surface area contributed by atoms with Crippen LogP contribution in [0.25, 0.3) is 6.08 Å². The van der Waals surface area contributed by atoms with E-state index in [1.165, 1.54) is 6.08 Å². The fourth-order valence-electron chi connectivity index (χ4n) is 1.41. The van der Waals surface area contributed by atoms with Crippen LogP contribution >= 0.6 is 0 Å². The van der Waals surface area contributed by atoms with Crippen LogP contribution in [-0.2, 0) is 10.2 Å². The summed E-state index contributed by atoms with van der Waals surface area (Å²) in [7, 11) is 0. The number of allylic oxidation sites excluding steroid dienone is 1. The van der Waals surface area contributed by atoms with Crippen LogP contribution in [0.1, 0.15) is 31.9 Å². The number of aromatic hydroxyl groups is 1. The number of phenols is 1. The van der Waals surface area contributed by atoms with Gasteiger partial charge in [0.2, 0.25) is 0 Å². The number of benzene rings is 1. The highest BCUT2D eigenvalue weighted by atomic mass is 16.3. The Kier molecular flexibility index (Phi) is 3.30. The number of rotatable bonds is 2. The number of aldehydes is 1. The quantitative estimate of drug-likeness (QED) is 0.594. The summed E-state index contributed by atoms with van der Waals surface area (Å²) in [6, 6.07) is 5.34. The first-order valence-corrected chi connectivity index (χ1v) is 4.90. The van der Waals surface area contributed by atoms with Crippen LogP contribution in [0.4, 0.5) is 0 Å². The molecule has 0 amide bonds. The zero-order valence-corrected chi connectivity index (χ0v) is 9.32. The Morgan fingerprint density at radius 2 is 1.93 bits per heavy atom. The molecule has 0 radical (unpaired) electrons. The second-order valence-corrected chi connectivity index (χ2v) is 4.52. The maximum Gasteiger partial charge on any atom is 0.142 e. The highest BCUT2D eigenvalue weighted by molar-refractivity contribution is 5.74. The minimum Gasteiger partial charge on any atom is -0.508 e. The normalized spacial score (nSPS) is 11.9. The average molecular weight is 204 g/mol.